The molecule has 0 saturated heterocycles. The molecule has 4 aromatic rings. The molecule has 0 spiro atoms. The van der Waals surface area contributed by atoms with E-state index in [-0.39, 0.29) is 11.7 Å². The summed E-state index contributed by atoms with van der Waals surface area (Å²) in [6, 6.07) is 16.8. The monoisotopic (exact) mass is 429 g/mol. The number of rotatable bonds is 5. The first kappa shape index (κ1) is 20.2. The Morgan fingerprint density at radius 3 is 2.84 bits per heavy atom. The molecule has 0 radical (unpaired) electrons. The zero-order valence-corrected chi connectivity index (χ0v) is 18.0. The molecule has 0 aliphatic carbocycles. The van der Waals surface area contributed by atoms with Crippen LogP contribution in [0.4, 0.5) is 16.0 Å². The molecule has 2 aromatic carbocycles. The number of anilines is 2. The maximum atomic E-state index is 14.8. The number of benzene rings is 2. The van der Waals surface area contributed by atoms with Gasteiger partial charge < -0.3 is 10.1 Å². The van der Waals surface area contributed by atoms with Crippen molar-refractivity contribution in [1.82, 2.24) is 19.7 Å². The maximum Gasteiger partial charge on any atom is 0.246 e. The summed E-state index contributed by atoms with van der Waals surface area (Å²) in [7, 11) is 1.67. The van der Waals surface area contributed by atoms with Crippen molar-refractivity contribution in [1.29, 1.82) is 0 Å². The lowest BCUT2D eigenvalue weighted by atomic mass is 9.91. The fourth-order valence-electron chi connectivity index (χ4n) is 4.25. The average Bonchev–Trinajstić information content (AvgIpc) is 3.21. The molecule has 5 rings (SSSR count). The van der Waals surface area contributed by atoms with Crippen LogP contribution >= 0.6 is 0 Å². The average molecular weight is 429 g/mol. The number of pyridine rings is 1. The second-order valence-corrected chi connectivity index (χ2v) is 7.99. The minimum absolute atomic E-state index is 0.149. The Hall–Kier alpha value is -3.74. The van der Waals surface area contributed by atoms with Crippen molar-refractivity contribution in [3.8, 4) is 16.9 Å². The summed E-state index contributed by atoms with van der Waals surface area (Å²) in [6.45, 7) is 2.71. The zero-order chi connectivity index (χ0) is 22.1. The highest BCUT2D eigenvalue weighted by Gasteiger charge is 2.26. The second-order valence-electron chi connectivity index (χ2n) is 7.99. The largest absolute Gasteiger partial charge is 0.497 e. The SMILES string of the molecule is COc1cccc(C2CCCn3nc(Nc4ccc(-c5ccnc(C)c5)c(F)c4)nc32)c1. The van der Waals surface area contributed by atoms with Gasteiger partial charge in [-0.05, 0) is 73.4 Å². The topological polar surface area (TPSA) is 64.9 Å². The van der Waals surface area contributed by atoms with Gasteiger partial charge >= 0.3 is 0 Å². The third-order valence-corrected chi connectivity index (χ3v) is 5.80. The van der Waals surface area contributed by atoms with Gasteiger partial charge in [-0.2, -0.15) is 4.98 Å². The van der Waals surface area contributed by atoms with Crippen LogP contribution in [0.1, 0.15) is 35.8 Å². The molecule has 0 amide bonds. The number of ether oxygens (including phenoxy) is 1. The Morgan fingerprint density at radius 1 is 1.12 bits per heavy atom. The number of methoxy groups -OCH3 is 1. The van der Waals surface area contributed by atoms with Crippen molar-refractivity contribution >= 4 is 11.6 Å². The Labute approximate surface area is 186 Å². The molecule has 0 saturated carbocycles. The number of aryl methyl sites for hydroxylation is 2. The highest BCUT2D eigenvalue weighted by atomic mass is 19.1. The van der Waals surface area contributed by atoms with E-state index in [1.54, 1.807) is 19.4 Å². The number of nitrogens with one attached hydrogen (secondary N) is 1. The van der Waals surface area contributed by atoms with Crippen LogP contribution in [0.15, 0.2) is 60.8 Å². The second kappa shape index (κ2) is 8.42. The first-order chi connectivity index (χ1) is 15.6. The van der Waals surface area contributed by atoms with E-state index >= 15 is 0 Å². The van der Waals surface area contributed by atoms with E-state index in [9.17, 15) is 4.39 Å². The predicted molar refractivity (Wildman–Crippen MR) is 122 cm³/mol. The van der Waals surface area contributed by atoms with Crippen LogP contribution in [0.5, 0.6) is 5.75 Å². The summed E-state index contributed by atoms with van der Waals surface area (Å²) in [5.41, 5.74) is 3.96. The number of aromatic nitrogens is 4. The Morgan fingerprint density at radius 2 is 2.03 bits per heavy atom. The predicted octanol–water partition coefficient (Wildman–Crippen LogP) is 5.47. The van der Waals surface area contributed by atoms with Gasteiger partial charge in [-0.25, -0.2) is 9.07 Å². The van der Waals surface area contributed by atoms with Gasteiger partial charge in [-0.1, -0.05) is 12.1 Å². The van der Waals surface area contributed by atoms with Gasteiger partial charge in [0.1, 0.15) is 17.4 Å². The maximum absolute atomic E-state index is 14.8. The van der Waals surface area contributed by atoms with Crippen molar-refractivity contribution < 1.29 is 9.13 Å². The summed E-state index contributed by atoms with van der Waals surface area (Å²) < 4.78 is 22.2. The van der Waals surface area contributed by atoms with E-state index in [0.29, 0.717) is 17.2 Å². The lowest BCUT2D eigenvalue weighted by molar-refractivity contribution is 0.411. The van der Waals surface area contributed by atoms with E-state index in [1.165, 1.54) is 6.07 Å². The van der Waals surface area contributed by atoms with Crippen LogP contribution in [0.2, 0.25) is 0 Å². The normalized spacial score (nSPS) is 15.3. The first-order valence-corrected chi connectivity index (χ1v) is 10.7. The van der Waals surface area contributed by atoms with Gasteiger partial charge in [0.2, 0.25) is 5.95 Å². The zero-order valence-electron chi connectivity index (χ0n) is 18.0. The quantitative estimate of drug-likeness (QED) is 0.456. The molecule has 3 heterocycles. The third kappa shape index (κ3) is 3.93. The lowest BCUT2D eigenvalue weighted by Gasteiger charge is -2.22. The molecule has 32 heavy (non-hydrogen) atoms. The van der Waals surface area contributed by atoms with Gasteiger partial charge in [0.25, 0.3) is 0 Å². The molecule has 1 aliphatic rings. The van der Waals surface area contributed by atoms with E-state index in [4.69, 9.17) is 9.72 Å². The van der Waals surface area contributed by atoms with E-state index in [2.05, 4.69) is 27.5 Å². The molecule has 162 valence electrons. The summed E-state index contributed by atoms with van der Waals surface area (Å²) in [5.74, 6) is 2.06. The van der Waals surface area contributed by atoms with Crippen molar-refractivity contribution in [2.24, 2.45) is 0 Å². The number of hydrogen-bond acceptors (Lipinski definition) is 5. The van der Waals surface area contributed by atoms with E-state index < -0.39 is 0 Å². The molecular weight excluding hydrogens is 405 g/mol. The Kier molecular flexibility index (Phi) is 5.31. The van der Waals surface area contributed by atoms with Gasteiger partial charge in [0.05, 0.1) is 7.11 Å². The smallest absolute Gasteiger partial charge is 0.246 e. The highest BCUT2D eigenvalue weighted by Crippen LogP contribution is 2.34. The van der Waals surface area contributed by atoms with E-state index in [1.807, 2.05) is 41.9 Å². The van der Waals surface area contributed by atoms with Gasteiger partial charge in [0.15, 0.2) is 0 Å². The van der Waals surface area contributed by atoms with Gasteiger partial charge in [-0.3, -0.25) is 4.98 Å². The summed E-state index contributed by atoms with van der Waals surface area (Å²) in [6.07, 6.45) is 3.71. The lowest BCUT2D eigenvalue weighted by Crippen LogP contribution is -2.18. The number of halogens is 1. The van der Waals surface area contributed by atoms with Crippen LogP contribution in [-0.4, -0.2) is 26.9 Å². The summed E-state index contributed by atoms with van der Waals surface area (Å²) in [4.78, 5) is 8.93. The fourth-order valence-corrected chi connectivity index (χ4v) is 4.25. The molecule has 1 unspecified atom stereocenters. The molecule has 6 nitrogen and oxygen atoms in total. The molecule has 1 N–H and O–H groups in total. The van der Waals surface area contributed by atoms with Crippen LogP contribution in [0.25, 0.3) is 11.1 Å². The van der Waals surface area contributed by atoms with Crippen LogP contribution in [0.3, 0.4) is 0 Å². The Bertz CT molecular complexity index is 1270. The minimum atomic E-state index is -0.307. The number of nitrogens with zero attached hydrogens (tertiary/aromatic N) is 4. The summed E-state index contributed by atoms with van der Waals surface area (Å²) >= 11 is 0. The third-order valence-electron chi connectivity index (χ3n) is 5.80. The number of hydrogen-bond donors (Lipinski definition) is 1. The fraction of sp³-hybridized carbons (Fsp3) is 0.240. The van der Waals surface area contributed by atoms with Gasteiger partial charge in [0, 0.05) is 35.6 Å². The molecule has 1 atom stereocenters. The molecule has 1 aliphatic heterocycles. The van der Waals surface area contributed by atoms with Crippen molar-refractivity contribution in [3.05, 3.63) is 83.7 Å². The molecule has 0 fully saturated rings. The van der Waals surface area contributed by atoms with Crippen molar-refractivity contribution in [3.63, 3.8) is 0 Å². The number of fused-ring (bicyclic) bond motifs is 1. The molecule has 7 heteroatoms. The van der Waals surface area contributed by atoms with Gasteiger partial charge in [-0.15, -0.1) is 5.10 Å². The van der Waals surface area contributed by atoms with E-state index in [0.717, 1.165) is 47.8 Å². The first-order valence-electron chi connectivity index (χ1n) is 10.7. The van der Waals surface area contributed by atoms with Crippen LogP contribution < -0.4 is 10.1 Å². The molecular formula is C25H24FN5O. The standard InChI is InChI=1S/C25H24FN5O/c1-16-13-18(10-11-27-16)21-9-8-19(15-23(21)26)28-25-29-24-22(7-4-12-31(24)30-25)17-5-3-6-20(14-17)32-2/h3,5-6,8-11,13-15,22H,4,7,12H2,1-2H3,(H,28,30). The van der Waals surface area contributed by atoms with Crippen molar-refractivity contribution in [2.75, 3.05) is 12.4 Å². The Balaban J connectivity index is 1.40. The van der Waals surface area contributed by atoms with Crippen LogP contribution in [0, 0.1) is 12.7 Å². The summed E-state index contributed by atoms with van der Waals surface area (Å²) in [5, 5.41) is 7.79. The highest BCUT2D eigenvalue weighted by molar-refractivity contribution is 5.68. The van der Waals surface area contributed by atoms with Crippen molar-refractivity contribution in [2.45, 2.75) is 32.2 Å². The molecule has 2 aromatic heterocycles. The molecule has 0 bridgehead atoms. The van der Waals surface area contributed by atoms with Crippen LogP contribution in [-0.2, 0) is 6.54 Å². The minimum Gasteiger partial charge on any atom is -0.497 e.